The summed E-state index contributed by atoms with van der Waals surface area (Å²) in [6, 6.07) is 14.6. The molecule has 0 unspecified atom stereocenters. The van der Waals surface area contributed by atoms with Crippen LogP contribution in [0.4, 0.5) is 10.3 Å². The number of hydrogen-bond donors (Lipinski definition) is 3. The fourth-order valence-corrected chi connectivity index (χ4v) is 4.73. The van der Waals surface area contributed by atoms with Gasteiger partial charge in [-0.2, -0.15) is 0 Å². The Morgan fingerprint density at radius 1 is 1.00 bits per heavy atom. The summed E-state index contributed by atoms with van der Waals surface area (Å²) in [7, 11) is -3.53. The highest BCUT2D eigenvalue weighted by Crippen LogP contribution is 2.19. The van der Waals surface area contributed by atoms with E-state index in [1.165, 1.54) is 12.1 Å². The zero-order valence-corrected chi connectivity index (χ0v) is 17.7. The van der Waals surface area contributed by atoms with Gasteiger partial charge in [0.2, 0.25) is 16.0 Å². The fourth-order valence-electron chi connectivity index (χ4n) is 3.42. The van der Waals surface area contributed by atoms with Crippen LogP contribution in [0.15, 0.2) is 65.7 Å². The van der Waals surface area contributed by atoms with Gasteiger partial charge in [0.15, 0.2) is 0 Å². The van der Waals surface area contributed by atoms with Gasteiger partial charge in [0.1, 0.15) is 5.82 Å². The second-order valence-corrected chi connectivity index (χ2v) is 9.13. The highest BCUT2D eigenvalue weighted by molar-refractivity contribution is 7.89. The first-order valence-corrected chi connectivity index (χ1v) is 11.6. The van der Waals surface area contributed by atoms with Crippen molar-refractivity contribution >= 4 is 16.0 Å². The lowest BCUT2D eigenvalue weighted by atomic mass is 10.1. The molecule has 0 aliphatic carbocycles. The van der Waals surface area contributed by atoms with Gasteiger partial charge in [-0.15, -0.1) is 0 Å². The lowest BCUT2D eigenvalue weighted by Crippen LogP contribution is -2.42. The van der Waals surface area contributed by atoms with Crippen molar-refractivity contribution in [1.82, 2.24) is 20.0 Å². The Bertz CT molecular complexity index is 1120. The van der Waals surface area contributed by atoms with E-state index in [0.29, 0.717) is 18.2 Å². The van der Waals surface area contributed by atoms with Crippen LogP contribution in [0.5, 0.6) is 0 Å². The van der Waals surface area contributed by atoms with Gasteiger partial charge in [0.05, 0.1) is 10.6 Å². The summed E-state index contributed by atoms with van der Waals surface area (Å²) in [4.78, 5) is 8.92. The van der Waals surface area contributed by atoms with Crippen LogP contribution in [0.2, 0.25) is 0 Å². The smallest absolute Gasteiger partial charge is 0.240 e. The van der Waals surface area contributed by atoms with E-state index in [-0.39, 0.29) is 16.8 Å². The third kappa shape index (κ3) is 5.63. The summed E-state index contributed by atoms with van der Waals surface area (Å²) in [5, 5.41) is 6.36. The molecule has 31 heavy (non-hydrogen) atoms. The molecule has 9 heteroatoms. The zero-order valence-electron chi connectivity index (χ0n) is 16.9. The van der Waals surface area contributed by atoms with E-state index in [0.717, 1.165) is 37.1 Å². The second-order valence-electron chi connectivity index (χ2n) is 7.42. The summed E-state index contributed by atoms with van der Waals surface area (Å²) < 4.78 is 41.1. The molecule has 2 heterocycles. The lowest BCUT2D eigenvalue weighted by molar-refractivity contribution is 0.427. The number of sulfonamides is 1. The van der Waals surface area contributed by atoms with Crippen LogP contribution in [0.25, 0.3) is 11.3 Å². The number of nitrogens with one attached hydrogen (secondary N) is 3. The molecule has 0 atom stereocenters. The predicted molar refractivity (Wildman–Crippen MR) is 117 cm³/mol. The number of piperidine rings is 1. The zero-order chi connectivity index (χ0) is 21.7. The molecule has 0 radical (unpaired) electrons. The maximum absolute atomic E-state index is 13.1. The molecule has 0 bridgehead atoms. The first-order valence-electron chi connectivity index (χ1n) is 10.1. The maximum atomic E-state index is 13.1. The molecule has 1 fully saturated rings. The molecule has 0 amide bonds. The van der Waals surface area contributed by atoms with E-state index in [9.17, 15) is 12.8 Å². The molecule has 0 saturated carbocycles. The van der Waals surface area contributed by atoms with Gasteiger partial charge in [0, 0.05) is 24.3 Å². The second kappa shape index (κ2) is 9.51. The highest BCUT2D eigenvalue weighted by atomic mass is 32.2. The van der Waals surface area contributed by atoms with E-state index in [1.807, 2.05) is 0 Å². The monoisotopic (exact) mass is 441 g/mol. The Morgan fingerprint density at radius 3 is 2.42 bits per heavy atom. The van der Waals surface area contributed by atoms with E-state index in [2.05, 4.69) is 25.3 Å². The molecule has 7 nitrogen and oxygen atoms in total. The lowest BCUT2D eigenvalue weighted by Gasteiger charge is -2.23. The number of hydrogen-bond acceptors (Lipinski definition) is 6. The number of nitrogens with zero attached hydrogens (tertiary/aromatic N) is 2. The quantitative estimate of drug-likeness (QED) is 0.522. The van der Waals surface area contributed by atoms with Crippen molar-refractivity contribution in [1.29, 1.82) is 0 Å². The topological polar surface area (TPSA) is 96.0 Å². The summed E-state index contributed by atoms with van der Waals surface area (Å²) in [5.74, 6) is 0.138. The number of halogens is 1. The summed E-state index contributed by atoms with van der Waals surface area (Å²) in [5.41, 5.74) is 2.38. The van der Waals surface area contributed by atoms with Gasteiger partial charge in [-0.3, -0.25) is 0 Å². The average molecular weight is 442 g/mol. The van der Waals surface area contributed by atoms with Gasteiger partial charge in [-0.25, -0.2) is 27.5 Å². The highest BCUT2D eigenvalue weighted by Gasteiger charge is 2.21. The van der Waals surface area contributed by atoms with Crippen LogP contribution in [-0.4, -0.2) is 37.5 Å². The minimum atomic E-state index is -3.53. The van der Waals surface area contributed by atoms with E-state index in [4.69, 9.17) is 0 Å². The molecule has 0 spiro atoms. The van der Waals surface area contributed by atoms with E-state index >= 15 is 0 Å². The molecular formula is C22H24FN5O2S. The first kappa shape index (κ1) is 21.4. The Hall–Kier alpha value is -2.88. The number of rotatable bonds is 7. The maximum Gasteiger partial charge on any atom is 0.240 e. The van der Waals surface area contributed by atoms with Crippen molar-refractivity contribution in [2.24, 2.45) is 0 Å². The third-order valence-electron chi connectivity index (χ3n) is 5.14. The van der Waals surface area contributed by atoms with Crippen molar-refractivity contribution in [2.75, 3.05) is 18.4 Å². The fraction of sp³-hybridized carbons (Fsp3) is 0.273. The SMILES string of the molecule is O=S(=O)(NC1CCNCC1)c1ccc(CNc2nccc(-c3ccc(F)cc3)n2)cc1. The minimum absolute atomic E-state index is 0.0295. The average Bonchev–Trinajstić information content (AvgIpc) is 2.79. The van der Waals surface area contributed by atoms with Crippen molar-refractivity contribution in [2.45, 2.75) is 30.3 Å². The molecule has 1 aromatic heterocycles. The molecule has 1 aliphatic heterocycles. The van der Waals surface area contributed by atoms with Gasteiger partial charge < -0.3 is 10.6 Å². The summed E-state index contributed by atoms with van der Waals surface area (Å²) in [6.07, 6.45) is 3.21. The summed E-state index contributed by atoms with van der Waals surface area (Å²) in [6.45, 7) is 2.08. The minimum Gasteiger partial charge on any atom is -0.350 e. The Morgan fingerprint density at radius 2 is 1.71 bits per heavy atom. The van der Waals surface area contributed by atoms with Crippen molar-refractivity contribution in [3.8, 4) is 11.3 Å². The number of benzene rings is 2. The summed E-state index contributed by atoms with van der Waals surface area (Å²) >= 11 is 0. The van der Waals surface area contributed by atoms with Crippen LogP contribution in [0, 0.1) is 5.82 Å². The first-order chi connectivity index (χ1) is 15.0. The van der Waals surface area contributed by atoms with Crippen LogP contribution in [-0.2, 0) is 16.6 Å². The Balaban J connectivity index is 1.38. The van der Waals surface area contributed by atoms with Gasteiger partial charge in [-0.05, 0) is 74.0 Å². The van der Waals surface area contributed by atoms with E-state index < -0.39 is 10.0 Å². The van der Waals surface area contributed by atoms with Gasteiger partial charge in [-0.1, -0.05) is 12.1 Å². The molecule has 4 rings (SSSR count). The normalized spacial score (nSPS) is 15.0. The molecular weight excluding hydrogens is 417 g/mol. The molecule has 3 aromatic rings. The van der Waals surface area contributed by atoms with Gasteiger partial charge >= 0.3 is 0 Å². The molecule has 3 N–H and O–H groups in total. The van der Waals surface area contributed by atoms with Crippen molar-refractivity contribution in [3.05, 3.63) is 72.2 Å². The molecule has 162 valence electrons. The molecule has 2 aromatic carbocycles. The van der Waals surface area contributed by atoms with Crippen molar-refractivity contribution < 1.29 is 12.8 Å². The molecule has 1 aliphatic rings. The number of aromatic nitrogens is 2. The predicted octanol–water partition coefficient (Wildman–Crippen LogP) is 2.93. The van der Waals surface area contributed by atoms with Crippen molar-refractivity contribution in [3.63, 3.8) is 0 Å². The van der Waals surface area contributed by atoms with E-state index in [1.54, 1.807) is 48.7 Å². The van der Waals surface area contributed by atoms with Crippen LogP contribution in [0.1, 0.15) is 18.4 Å². The Kier molecular flexibility index (Phi) is 6.55. The standard InChI is InChI=1S/C22H24FN5O2S/c23-18-5-3-17(4-6-18)21-11-14-25-22(27-21)26-15-16-1-7-20(8-2-16)31(29,30)28-19-9-12-24-13-10-19/h1-8,11,14,19,24,28H,9-10,12-13,15H2,(H,25,26,27). The third-order valence-corrected chi connectivity index (χ3v) is 6.68. The van der Waals surface area contributed by atoms with Crippen LogP contribution in [0.3, 0.4) is 0 Å². The molecule has 1 saturated heterocycles. The largest absolute Gasteiger partial charge is 0.350 e. The van der Waals surface area contributed by atoms with Gasteiger partial charge in [0.25, 0.3) is 0 Å². The van der Waals surface area contributed by atoms with Crippen LogP contribution < -0.4 is 15.4 Å². The number of anilines is 1. The van der Waals surface area contributed by atoms with Crippen LogP contribution >= 0.6 is 0 Å². The Labute approximate surface area is 181 Å².